The minimum absolute atomic E-state index is 0.843. The standard InChI is InChI=1S/C12H16BrN3/c1-15-5-9-7-16(8-10(9)6-15)12-3-2-11(13)4-14-12/h2-4,9-10H,5-8H2,1H3. The lowest BCUT2D eigenvalue weighted by Gasteiger charge is -2.20. The van der Waals surface area contributed by atoms with E-state index in [1.807, 2.05) is 6.20 Å². The Kier molecular flexibility index (Phi) is 2.64. The Balaban J connectivity index is 1.73. The van der Waals surface area contributed by atoms with E-state index in [9.17, 15) is 0 Å². The highest BCUT2D eigenvalue weighted by molar-refractivity contribution is 9.10. The smallest absolute Gasteiger partial charge is 0.128 e. The molecule has 0 amide bonds. The molecule has 0 aliphatic carbocycles. The molecule has 86 valence electrons. The monoisotopic (exact) mass is 281 g/mol. The van der Waals surface area contributed by atoms with Crippen molar-refractivity contribution in [1.29, 1.82) is 0 Å². The van der Waals surface area contributed by atoms with Gasteiger partial charge in [-0.1, -0.05) is 0 Å². The predicted octanol–water partition coefficient (Wildman–Crippen LogP) is 1.84. The molecule has 2 fully saturated rings. The summed E-state index contributed by atoms with van der Waals surface area (Å²) in [5.74, 6) is 2.81. The molecule has 0 bridgehead atoms. The van der Waals surface area contributed by atoms with Gasteiger partial charge in [-0.2, -0.15) is 0 Å². The van der Waals surface area contributed by atoms with Gasteiger partial charge in [0, 0.05) is 36.8 Å². The molecule has 2 atom stereocenters. The Morgan fingerprint density at radius 2 is 1.88 bits per heavy atom. The number of aromatic nitrogens is 1. The van der Waals surface area contributed by atoms with E-state index >= 15 is 0 Å². The van der Waals surface area contributed by atoms with Gasteiger partial charge in [-0.25, -0.2) is 4.98 Å². The van der Waals surface area contributed by atoms with Crippen LogP contribution in [0.2, 0.25) is 0 Å². The van der Waals surface area contributed by atoms with Crippen LogP contribution in [0.1, 0.15) is 0 Å². The summed E-state index contributed by atoms with van der Waals surface area (Å²) in [6, 6.07) is 4.18. The van der Waals surface area contributed by atoms with Gasteiger partial charge in [0.05, 0.1) is 0 Å². The summed E-state index contributed by atoms with van der Waals surface area (Å²) in [6.45, 7) is 4.84. The fraction of sp³-hybridized carbons (Fsp3) is 0.583. The molecule has 0 N–H and O–H groups in total. The third kappa shape index (κ3) is 1.84. The second-order valence-corrected chi connectivity index (χ2v) is 5.90. The first-order chi connectivity index (χ1) is 7.72. The number of hydrogen-bond donors (Lipinski definition) is 0. The Bertz CT molecular complexity index is 364. The van der Waals surface area contributed by atoms with Crippen molar-refractivity contribution >= 4 is 21.7 Å². The van der Waals surface area contributed by atoms with Crippen LogP contribution in [-0.4, -0.2) is 43.1 Å². The minimum Gasteiger partial charge on any atom is -0.356 e. The number of fused-ring (bicyclic) bond motifs is 1. The topological polar surface area (TPSA) is 19.4 Å². The largest absolute Gasteiger partial charge is 0.356 e. The Morgan fingerprint density at radius 3 is 2.44 bits per heavy atom. The van der Waals surface area contributed by atoms with Gasteiger partial charge in [0.1, 0.15) is 5.82 Å². The summed E-state index contributed by atoms with van der Waals surface area (Å²) in [5, 5.41) is 0. The molecular formula is C12H16BrN3. The molecule has 16 heavy (non-hydrogen) atoms. The van der Waals surface area contributed by atoms with Crippen molar-refractivity contribution in [1.82, 2.24) is 9.88 Å². The summed E-state index contributed by atoms with van der Waals surface area (Å²) in [6.07, 6.45) is 1.88. The van der Waals surface area contributed by atoms with Crippen molar-refractivity contribution in [3.05, 3.63) is 22.8 Å². The number of hydrogen-bond acceptors (Lipinski definition) is 3. The SMILES string of the molecule is CN1CC2CN(c3ccc(Br)cn3)CC2C1. The maximum atomic E-state index is 4.47. The molecule has 1 aromatic heterocycles. The van der Waals surface area contributed by atoms with Crippen molar-refractivity contribution in [2.24, 2.45) is 11.8 Å². The lowest BCUT2D eigenvalue weighted by Crippen LogP contribution is -2.27. The van der Waals surface area contributed by atoms with E-state index in [1.165, 1.54) is 26.2 Å². The molecule has 0 saturated carbocycles. The fourth-order valence-corrected chi connectivity index (χ4v) is 3.20. The molecule has 1 aromatic rings. The van der Waals surface area contributed by atoms with E-state index in [0.29, 0.717) is 0 Å². The second kappa shape index (κ2) is 4.00. The number of likely N-dealkylation sites (tertiary alicyclic amines) is 1. The van der Waals surface area contributed by atoms with E-state index < -0.39 is 0 Å². The minimum atomic E-state index is 0.843. The zero-order chi connectivity index (χ0) is 11.1. The van der Waals surface area contributed by atoms with Gasteiger partial charge in [0.15, 0.2) is 0 Å². The molecule has 3 nitrogen and oxygen atoms in total. The Morgan fingerprint density at radius 1 is 1.19 bits per heavy atom. The number of anilines is 1. The quantitative estimate of drug-likeness (QED) is 0.783. The Labute approximate surface area is 105 Å². The van der Waals surface area contributed by atoms with Crippen LogP contribution in [0.15, 0.2) is 22.8 Å². The normalized spacial score (nSPS) is 29.8. The molecule has 2 unspecified atom stereocenters. The highest BCUT2D eigenvalue weighted by Gasteiger charge is 2.38. The molecule has 0 radical (unpaired) electrons. The van der Waals surface area contributed by atoms with Crippen LogP contribution in [-0.2, 0) is 0 Å². The van der Waals surface area contributed by atoms with Crippen LogP contribution in [0.4, 0.5) is 5.82 Å². The zero-order valence-corrected chi connectivity index (χ0v) is 11.0. The molecule has 0 spiro atoms. The van der Waals surface area contributed by atoms with Gasteiger partial charge >= 0.3 is 0 Å². The summed E-state index contributed by atoms with van der Waals surface area (Å²) in [5.41, 5.74) is 0. The first-order valence-electron chi connectivity index (χ1n) is 5.77. The average molecular weight is 282 g/mol. The van der Waals surface area contributed by atoms with E-state index in [-0.39, 0.29) is 0 Å². The molecule has 3 heterocycles. The first-order valence-corrected chi connectivity index (χ1v) is 6.57. The zero-order valence-electron chi connectivity index (χ0n) is 9.43. The Hall–Kier alpha value is -0.610. The van der Waals surface area contributed by atoms with Gasteiger partial charge in [-0.05, 0) is 46.9 Å². The summed E-state index contributed by atoms with van der Waals surface area (Å²) in [7, 11) is 2.22. The molecule has 0 aromatic carbocycles. The van der Waals surface area contributed by atoms with Crippen molar-refractivity contribution in [2.45, 2.75) is 0 Å². The maximum Gasteiger partial charge on any atom is 0.128 e. The maximum absolute atomic E-state index is 4.47. The van der Waals surface area contributed by atoms with Crippen molar-refractivity contribution in [3.8, 4) is 0 Å². The van der Waals surface area contributed by atoms with E-state index in [4.69, 9.17) is 0 Å². The average Bonchev–Trinajstić information content (AvgIpc) is 2.75. The van der Waals surface area contributed by atoms with E-state index in [2.05, 4.69) is 49.9 Å². The highest BCUT2D eigenvalue weighted by atomic mass is 79.9. The summed E-state index contributed by atoms with van der Waals surface area (Å²) < 4.78 is 1.05. The van der Waals surface area contributed by atoms with Crippen LogP contribution in [0.5, 0.6) is 0 Å². The number of nitrogens with zero attached hydrogens (tertiary/aromatic N) is 3. The van der Waals surface area contributed by atoms with Crippen LogP contribution in [0.3, 0.4) is 0 Å². The molecule has 2 saturated heterocycles. The van der Waals surface area contributed by atoms with Crippen molar-refractivity contribution < 1.29 is 0 Å². The van der Waals surface area contributed by atoms with Gasteiger partial charge in [-0.3, -0.25) is 0 Å². The summed E-state index contributed by atoms with van der Waals surface area (Å²) >= 11 is 3.42. The molecular weight excluding hydrogens is 266 g/mol. The lowest BCUT2D eigenvalue weighted by molar-refractivity contribution is 0.387. The first kappa shape index (κ1) is 10.5. The van der Waals surface area contributed by atoms with Crippen molar-refractivity contribution in [2.75, 3.05) is 38.1 Å². The summed E-state index contributed by atoms with van der Waals surface area (Å²) in [4.78, 5) is 9.34. The predicted molar refractivity (Wildman–Crippen MR) is 68.6 cm³/mol. The lowest BCUT2D eigenvalue weighted by atomic mass is 10.0. The molecule has 3 rings (SSSR count). The van der Waals surface area contributed by atoms with Gasteiger partial charge < -0.3 is 9.80 Å². The van der Waals surface area contributed by atoms with Crippen LogP contribution in [0, 0.1) is 11.8 Å². The second-order valence-electron chi connectivity index (χ2n) is 4.98. The third-order valence-corrected chi connectivity index (χ3v) is 4.17. The van der Waals surface area contributed by atoms with Gasteiger partial charge in [-0.15, -0.1) is 0 Å². The number of halogens is 1. The van der Waals surface area contributed by atoms with Crippen LogP contribution < -0.4 is 4.90 Å². The van der Waals surface area contributed by atoms with Crippen LogP contribution >= 0.6 is 15.9 Å². The number of pyridine rings is 1. The third-order valence-electron chi connectivity index (χ3n) is 3.70. The van der Waals surface area contributed by atoms with Gasteiger partial charge in [0.25, 0.3) is 0 Å². The fourth-order valence-electron chi connectivity index (χ4n) is 2.97. The van der Waals surface area contributed by atoms with Crippen LogP contribution in [0.25, 0.3) is 0 Å². The molecule has 2 aliphatic heterocycles. The van der Waals surface area contributed by atoms with E-state index in [0.717, 1.165) is 22.1 Å². The highest BCUT2D eigenvalue weighted by Crippen LogP contribution is 2.32. The molecule has 4 heteroatoms. The van der Waals surface area contributed by atoms with Crippen molar-refractivity contribution in [3.63, 3.8) is 0 Å². The molecule has 2 aliphatic rings. The number of rotatable bonds is 1. The van der Waals surface area contributed by atoms with E-state index in [1.54, 1.807) is 0 Å². The van der Waals surface area contributed by atoms with Gasteiger partial charge in [0.2, 0.25) is 0 Å².